The first-order chi connectivity index (χ1) is 19.9. The fourth-order valence-corrected chi connectivity index (χ4v) is 5.26. The molecule has 1 atom stereocenters. The van der Waals surface area contributed by atoms with Crippen molar-refractivity contribution in [2.75, 3.05) is 19.7 Å². The summed E-state index contributed by atoms with van der Waals surface area (Å²) in [4.78, 5) is 23.0. The van der Waals surface area contributed by atoms with E-state index in [0.717, 1.165) is 30.7 Å². The maximum atomic E-state index is 15.3. The van der Waals surface area contributed by atoms with Gasteiger partial charge in [0.05, 0.1) is 36.0 Å². The summed E-state index contributed by atoms with van der Waals surface area (Å²) in [5, 5.41) is 9.75. The highest BCUT2D eigenvalue weighted by molar-refractivity contribution is 6.30. The Morgan fingerprint density at radius 3 is 2.73 bits per heavy atom. The summed E-state index contributed by atoms with van der Waals surface area (Å²) < 4.78 is 42.5. The normalized spacial score (nSPS) is 17.3. The van der Waals surface area contributed by atoms with Gasteiger partial charge in [-0.1, -0.05) is 29.8 Å². The maximum Gasteiger partial charge on any atom is 0.338 e. The molecule has 2 aromatic heterocycles. The van der Waals surface area contributed by atoms with Crippen molar-refractivity contribution < 1.29 is 28.2 Å². The van der Waals surface area contributed by atoms with E-state index in [1.54, 1.807) is 28.8 Å². The molecule has 0 saturated carbocycles. The summed E-state index contributed by atoms with van der Waals surface area (Å²) in [7, 11) is 0. The topological polar surface area (TPSA) is 89.7 Å². The lowest BCUT2D eigenvalue weighted by atomic mass is 10.0. The molecule has 4 aromatic rings. The zero-order chi connectivity index (χ0) is 28.5. The minimum atomic E-state index is -1.31. The van der Waals surface area contributed by atoms with Crippen molar-refractivity contribution in [3.8, 4) is 5.88 Å². The largest absolute Gasteiger partial charge is 0.478 e. The molecule has 0 amide bonds. The van der Waals surface area contributed by atoms with Crippen LogP contribution in [0.1, 0.15) is 40.3 Å². The minimum absolute atomic E-state index is 0.0354. The fourth-order valence-electron chi connectivity index (χ4n) is 5.10. The van der Waals surface area contributed by atoms with E-state index < -0.39 is 17.6 Å². The van der Waals surface area contributed by atoms with E-state index in [1.165, 1.54) is 12.1 Å². The zero-order valence-corrected chi connectivity index (χ0v) is 22.8. The zero-order valence-electron chi connectivity index (χ0n) is 22.0. The number of aromatic carboxylic acids is 1. The van der Waals surface area contributed by atoms with Crippen LogP contribution in [0, 0.1) is 11.6 Å². The van der Waals surface area contributed by atoms with Crippen LogP contribution in [0.3, 0.4) is 0 Å². The number of carboxylic acids is 1. The molecule has 0 aliphatic carbocycles. The number of carboxylic acid groups (broad SMARTS) is 1. The smallest absolute Gasteiger partial charge is 0.338 e. The molecule has 1 fully saturated rings. The summed E-state index contributed by atoms with van der Waals surface area (Å²) in [6.07, 6.45) is 3.63. The average molecular weight is 581 g/mol. The molecule has 41 heavy (non-hydrogen) atoms. The van der Waals surface area contributed by atoms with Gasteiger partial charge in [0.25, 0.3) is 0 Å². The van der Waals surface area contributed by atoms with Gasteiger partial charge in [-0.15, -0.1) is 0 Å². The van der Waals surface area contributed by atoms with Crippen molar-refractivity contribution in [1.82, 2.24) is 19.4 Å². The van der Waals surface area contributed by atoms with Gasteiger partial charge in [0, 0.05) is 36.3 Å². The molecule has 11 heteroatoms. The molecule has 0 bridgehead atoms. The molecule has 8 nitrogen and oxygen atoms in total. The van der Waals surface area contributed by atoms with E-state index in [4.69, 9.17) is 21.1 Å². The van der Waals surface area contributed by atoms with Gasteiger partial charge in [0.1, 0.15) is 23.8 Å². The predicted octanol–water partition coefficient (Wildman–Crippen LogP) is 5.72. The Bertz CT molecular complexity index is 1650. The standard InChI is InChI=1S/C30H27ClF2N4O4/c31-20-5-4-19(23(32)14-20)17-41-27-3-1-2-24(35-27)18-8-11-36(12-9-18)16-26-34-25-7-6-22(30(38)39)28(33)29(25)37(26)15-21-10-13-40-21/h1-8,14,21H,9-13,15-17H2,(H,38,39). The predicted molar refractivity (Wildman–Crippen MR) is 149 cm³/mol. The van der Waals surface area contributed by atoms with Gasteiger partial charge in [-0.2, -0.15) is 0 Å². The first-order valence-electron chi connectivity index (χ1n) is 13.3. The van der Waals surface area contributed by atoms with Gasteiger partial charge in [-0.3, -0.25) is 4.90 Å². The number of benzene rings is 2. The highest BCUT2D eigenvalue weighted by Crippen LogP contribution is 2.28. The van der Waals surface area contributed by atoms with E-state index in [-0.39, 0.29) is 23.8 Å². The van der Waals surface area contributed by atoms with E-state index >= 15 is 4.39 Å². The van der Waals surface area contributed by atoms with Crippen molar-refractivity contribution >= 4 is 34.2 Å². The van der Waals surface area contributed by atoms with E-state index in [1.807, 2.05) is 12.1 Å². The lowest BCUT2D eigenvalue weighted by Crippen LogP contribution is -2.34. The van der Waals surface area contributed by atoms with Crippen molar-refractivity contribution in [1.29, 1.82) is 0 Å². The lowest BCUT2D eigenvalue weighted by molar-refractivity contribution is -0.0592. The van der Waals surface area contributed by atoms with Gasteiger partial charge in [-0.25, -0.2) is 23.5 Å². The Labute approximate surface area is 239 Å². The Morgan fingerprint density at radius 2 is 2.02 bits per heavy atom. The Morgan fingerprint density at radius 1 is 1.17 bits per heavy atom. The molecule has 0 radical (unpaired) electrons. The number of aromatic nitrogens is 3. The molecule has 6 rings (SSSR count). The second-order valence-corrected chi connectivity index (χ2v) is 10.6. The molecule has 212 valence electrons. The van der Waals surface area contributed by atoms with Gasteiger partial charge in [0.15, 0.2) is 5.82 Å². The van der Waals surface area contributed by atoms with Gasteiger partial charge in [0.2, 0.25) is 5.88 Å². The molecule has 0 spiro atoms. The number of carbonyl (C=O) groups is 1. The van der Waals surface area contributed by atoms with Crippen molar-refractivity contribution in [2.24, 2.45) is 0 Å². The van der Waals surface area contributed by atoms with Crippen LogP contribution in [-0.2, 0) is 24.4 Å². The molecule has 4 heterocycles. The van der Waals surface area contributed by atoms with Crippen LogP contribution in [-0.4, -0.2) is 56.3 Å². The number of halogens is 3. The molecule has 2 aliphatic rings. The summed E-state index contributed by atoms with van der Waals surface area (Å²) in [5.74, 6) is -1.46. The second-order valence-electron chi connectivity index (χ2n) is 10.1. The molecule has 2 aliphatic heterocycles. The second kappa shape index (κ2) is 11.6. The van der Waals surface area contributed by atoms with Crippen LogP contribution in [0.25, 0.3) is 16.6 Å². The number of nitrogens with zero attached hydrogens (tertiary/aromatic N) is 4. The number of fused-ring (bicyclic) bond motifs is 1. The molecule has 2 aromatic carbocycles. The summed E-state index contributed by atoms with van der Waals surface area (Å²) in [6.45, 7) is 2.93. The van der Waals surface area contributed by atoms with Gasteiger partial charge >= 0.3 is 5.97 Å². The number of rotatable bonds is 9. The Hall–Kier alpha value is -3.86. The van der Waals surface area contributed by atoms with Gasteiger partial charge in [-0.05, 0) is 48.7 Å². The van der Waals surface area contributed by atoms with Crippen LogP contribution in [0.5, 0.6) is 5.88 Å². The Balaban J connectivity index is 1.17. The number of imidazole rings is 1. The molecule has 1 N–H and O–H groups in total. The van der Waals surface area contributed by atoms with Crippen LogP contribution in [0.4, 0.5) is 8.78 Å². The highest BCUT2D eigenvalue weighted by atomic mass is 35.5. The van der Waals surface area contributed by atoms with Crippen molar-refractivity contribution in [3.63, 3.8) is 0 Å². The van der Waals surface area contributed by atoms with Crippen LogP contribution < -0.4 is 4.74 Å². The third-order valence-corrected chi connectivity index (χ3v) is 7.67. The molecule has 1 saturated heterocycles. The third-order valence-electron chi connectivity index (χ3n) is 7.44. The van der Waals surface area contributed by atoms with E-state index in [2.05, 4.69) is 20.9 Å². The fraction of sp³-hybridized carbons (Fsp3) is 0.300. The van der Waals surface area contributed by atoms with Crippen LogP contribution in [0.15, 0.2) is 54.6 Å². The van der Waals surface area contributed by atoms with E-state index in [0.29, 0.717) is 54.0 Å². The molecular weight excluding hydrogens is 554 g/mol. The van der Waals surface area contributed by atoms with Crippen LogP contribution >= 0.6 is 11.6 Å². The SMILES string of the molecule is O=C(O)c1ccc2nc(CN3CC=C(c4cccc(OCc5ccc(Cl)cc5F)n4)CC3)n(CC3CCO3)c2c1F. The van der Waals surface area contributed by atoms with Crippen molar-refractivity contribution in [3.05, 3.63) is 93.9 Å². The first kappa shape index (κ1) is 27.3. The number of ether oxygens (including phenoxy) is 2. The summed E-state index contributed by atoms with van der Waals surface area (Å²) in [6, 6.07) is 12.8. The molecular formula is C30H27ClF2N4O4. The highest BCUT2D eigenvalue weighted by Gasteiger charge is 2.26. The van der Waals surface area contributed by atoms with Crippen molar-refractivity contribution in [2.45, 2.75) is 38.6 Å². The quantitative estimate of drug-likeness (QED) is 0.271. The first-order valence-corrected chi connectivity index (χ1v) is 13.7. The maximum absolute atomic E-state index is 15.3. The molecule has 1 unspecified atom stereocenters. The monoisotopic (exact) mass is 580 g/mol. The van der Waals surface area contributed by atoms with Crippen LogP contribution in [0.2, 0.25) is 5.02 Å². The summed E-state index contributed by atoms with van der Waals surface area (Å²) >= 11 is 5.83. The summed E-state index contributed by atoms with van der Waals surface area (Å²) in [5.41, 5.74) is 2.50. The minimum Gasteiger partial charge on any atom is -0.478 e. The van der Waals surface area contributed by atoms with E-state index in [9.17, 15) is 14.3 Å². The third kappa shape index (κ3) is 5.81. The van der Waals surface area contributed by atoms with Gasteiger partial charge < -0.3 is 19.1 Å². The lowest BCUT2D eigenvalue weighted by Gasteiger charge is -2.29. The number of pyridine rings is 1. The number of hydrogen-bond donors (Lipinski definition) is 1. The number of hydrogen-bond acceptors (Lipinski definition) is 6. The Kier molecular flexibility index (Phi) is 7.70. The average Bonchev–Trinajstić information content (AvgIpc) is 3.28.